The lowest BCUT2D eigenvalue weighted by Crippen LogP contribution is -2.48. The number of carbonyl (C=O) groups is 1. The quantitative estimate of drug-likeness (QED) is 0.608. The largest absolute Gasteiger partial charge is 0.494 e. The monoisotopic (exact) mass is 425 g/mol. The minimum absolute atomic E-state index is 0.0626. The summed E-state index contributed by atoms with van der Waals surface area (Å²) in [5.74, 6) is 1.65. The molecule has 1 saturated heterocycles. The molecular weight excluding hydrogens is 398 g/mol. The summed E-state index contributed by atoms with van der Waals surface area (Å²) < 4.78 is 12.3. The fourth-order valence-corrected chi connectivity index (χ4v) is 4.73. The Morgan fingerprint density at radius 2 is 1.77 bits per heavy atom. The van der Waals surface area contributed by atoms with Gasteiger partial charge in [0.15, 0.2) is 5.13 Å². The Bertz CT molecular complexity index is 1040. The van der Waals surface area contributed by atoms with Gasteiger partial charge >= 0.3 is 0 Å². The molecule has 0 spiro atoms. The topological polar surface area (TPSA) is 54.9 Å². The molecule has 0 saturated carbocycles. The number of amides is 1. The van der Waals surface area contributed by atoms with Gasteiger partial charge in [-0.3, -0.25) is 4.79 Å². The van der Waals surface area contributed by atoms with Crippen molar-refractivity contribution in [3.05, 3.63) is 47.5 Å². The maximum absolute atomic E-state index is 12.9. The van der Waals surface area contributed by atoms with E-state index in [1.165, 1.54) is 5.56 Å². The van der Waals surface area contributed by atoms with Gasteiger partial charge < -0.3 is 19.3 Å². The summed E-state index contributed by atoms with van der Waals surface area (Å²) in [5, 5.41) is 0.986. The molecule has 1 aromatic heterocycles. The number of aryl methyl sites for hydroxylation is 1. The van der Waals surface area contributed by atoms with E-state index in [0.717, 1.165) is 39.9 Å². The smallest absolute Gasteiger partial charge is 0.253 e. The molecule has 4 rings (SSSR count). The van der Waals surface area contributed by atoms with Gasteiger partial charge in [0.05, 0.1) is 17.9 Å². The molecule has 158 valence electrons. The van der Waals surface area contributed by atoms with Crippen molar-refractivity contribution in [2.24, 2.45) is 0 Å². The normalized spacial score (nSPS) is 14.4. The van der Waals surface area contributed by atoms with Gasteiger partial charge in [0.1, 0.15) is 17.0 Å². The Hall–Kier alpha value is -2.80. The van der Waals surface area contributed by atoms with E-state index < -0.39 is 0 Å². The summed E-state index contributed by atoms with van der Waals surface area (Å²) in [6, 6.07) is 11.4. The van der Waals surface area contributed by atoms with Crippen molar-refractivity contribution in [2.75, 3.05) is 38.2 Å². The number of benzene rings is 2. The van der Waals surface area contributed by atoms with Gasteiger partial charge in [0.25, 0.3) is 5.91 Å². The Morgan fingerprint density at radius 1 is 1.07 bits per heavy atom. The zero-order valence-corrected chi connectivity index (χ0v) is 18.7. The van der Waals surface area contributed by atoms with Crippen LogP contribution in [0.4, 0.5) is 5.13 Å². The summed E-state index contributed by atoms with van der Waals surface area (Å²) in [6.45, 7) is 8.95. The molecule has 3 aromatic rings. The highest BCUT2D eigenvalue weighted by Gasteiger charge is 2.24. The Morgan fingerprint density at radius 3 is 2.40 bits per heavy atom. The van der Waals surface area contributed by atoms with Gasteiger partial charge in [-0.1, -0.05) is 17.4 Å². The maximum Gasteiger partial charge on any atom is 0.253 e. The highest BCUT2D eigenvalue weighted by atomic mass is 32.1. The van der Waals surface area contributed by atoms with Gasteiger partial charge in [-0.15, -0.1) is 0 Å². The van der Waals surface area contributed by atoms with E-state index in [1.807, 2.05) is 49.1 Å². The van der Waals surface area contributed by atoms with E-state index in [2.05, 4.69) is 17.9 Å². The first-order chi connectivity index (χ1) is 14.5. The van der Waals surface area contributed by atoms with Crippen molar-refractivity contribution < 1.29 is 14.3 Å². The SMILES string of the molecule is COc1ccc(C)c2sc(N3CCN(C(=O)c4ccc(OC(C)C)cc4)CC3)nc12. The van der Waals surface area contributed by atoms with Crippen LogP contribution in [-0.4, -0.2) is 55.2 Å². The number of nitrogens with zero attached hydrogens (tertiary/aromatic N) is 3. The molecule has 1 aliphatic heterocycles. The summed E-state index contributed by atoms with van der Waals surface area (Å²) in [5.41, 5.74) is 2.81. The first-order valence-corrected chi connectivity index (χ1v) is 11.0. The second-order valence-electron chi connectivity index (χ2n) is 7.73. The molecule has 0 N–H and O–H groups in total. The zero-order chi connectivity index (χ0) is 21.3. The van der Waals surface area contributed by atoms with Crippen LogP contribution >= 0.6 is 11.3 Å². The summed E-state index contributed by atoms with van der Waals surface area (Å²) >= 11 is 1.69. The molecular formula is C23H27N3O3S. The van der Waals surface area contributed by atoms with Gasteiger partial charge in [-0.25, -0.2) is 4.98 Å². The van der Waals surface area contributed by atoms with Crippen molar-refractivity contribution >= 4 is 32.6 Å². The summed E-state index contributed by atoms with van der Waals surface area (Å²) in [7, 11) is 1.68. The van der Waals surface area contributed by atoms with Crippen LogP contribution in [0.25, 0.3) is 10.2 Å². The number of fused-ring (bicyclic) bond motifs is 1. The lowest BCUT2D eigenvalue weighted by atomic mass is 10.1. The van der Waals surface area contributed by atoms with Crippen molar-refractivity contribution in [3.63, 3.8) is 0 Å². The highest BCUT2D eigenvalue weighted by molar-refractivity contribution is 7.22. The van der Waals surface area contributed by atoms with E-state index in [9.17, 15) is 4.79 Å². The molecule has 0 radical (unpaired) electrons. The lowest BCUT2D eigenvalue weighted by Gasteiger charge is -2.34. The number of ether oxygens (including phenoxy) is 2. The number of thiazole rings is 1. The lowest BCUT2D eigenvalue weighted by molar-refractivity contribution is 0.0746. The van der Waals surface area contributed by atoms with Crippen molar-refractivity contribution in [1.82, 2.24) is 9.88 Å². The number of hydrogen-bond acceptors (Lipinski definition) is 6. The number of methoxy groups -OCH3 is 1. The maximum atomic E-state index is 12.9. The van der Waals surface area contributed by atoms with Crippen LogP contribution in [0.1, 0.15) is 29.8 Å². The number of hydrogen-bond donors (Lipinski definition) is 0. The summed E-state index contributed by atoms with van der Waals surface area (Å²) in [6.07, 6.45) is 0.117. The molecule has 2 aromatic carbocycles. The third kappa shape index (κ3) is 4.07. The van der Waals surface area contributed by atoms with Crippen LogP contribution < -0.4 is 14.4 Å². The molecule has 7 heteroatoms. The average molecular weight is 426 g/mol. The zero-order valence-electron chi connectivity index (χ0n) is 17.8. The van der Waals surface area contributed by atoms with Crippen LogP contribution in [0.5, 0.6) is 11.5 Å². The van der Waals surface area contributed by atoms with Crippen molar-refractivity contribution in [2.45, 2.75) is 26.9 Å². The molecule has 30 heavy (non-hydrogen) atoms. The standard InChI is InChI=1S/C23H27N3O3S/c1-15(2)29-18-8-6-17(7-9-18)22(27)25-11-13-26(14-12-25)23-24-20-19(28-4)10-5-16(3)21(20)30-23/h5-10,15H,11-14H2,1-4H3. The van der Waals surface area contributed by atoms with E-state index in [4.69, 9.17) is 14.5 Å². The highest BCUT2D eigenvalue weighted by Crippen LogP contribution is 2.36. The molecule has 0 atom stereocenters. The van der Waals surface area contributed by atoms with E-state index >= 15 is 0 Å². The average Bonchev–Trinajstić information content (AvgIpc) is 3.20. The van der Waals surface area contributed by atoms with Gasteiger partial charge in [0, 0.05) is 31.7 Å². The van der Waals surface area contributed by atoms with Gasteiger partial charge in [-0.2, -0.15) is 0 Å². The number of carbonyl (C=O) groups excluding carboxylic acids is 1. The molecule has 1 aliphatic rings. The molecule has 0 aliphatic carbocycles. The number of aromatic nitrogens is 1. The van der Waals surface area contributed by atoms with Gasteiger partial charge in [-0.05, 0) is 56.7 Å². The first-order valence-electron chi connectivity index (χ1n) is 10.2. The van der Waals surface area contributed by atoms with Crippen LogP contribution in [0.2, 0.25) is 0 Å². The molecule has 6 nitrogen and oxygen atoms in total. The second-order valence-corrected chi connectivity index (χ2v) is 8.71. The third-order valence-corrected chi connectivity index (χ3v) is 6.47. The number of anilines is 1. The Kier molecular flexibility index (Phi) is 5.81. The Balaban J connectivity index is 1.43. The van der Waals surface area contributed by atoms with Crippen molar-refractivity contribution in [3.8, 4) is 11.5 Å². The molecule has 0 bridgehead atoms. The summed E-state index contributed by atoms with van der Waals surface area (Å²) in [4.78, 5) is 21.9. The molecule has 2 heterocycles. The second kappa shape index (κ2) is 8.52. The number of piperazine rings is 1. The Labute approximate surface area is 181 Å². The van der Waals surface area contributed by atoms with Crippen LogP contribution in [0.15, 0.2) is 36.4 Å². The van der Waals surface area contributed by atoms with E-state index in [0.29, 0.717) is 18.7 Å². The molecule has 0 unspecified atom stereocenters. The van der Waals surface area contributed by atoms with Gasteiger partial charge in [0.2, 0.25) is 0 Å². The van der Waals surface area contributed by atoms with Crippen LogP contribution in [0.3, 0.4) is 0 Å². The van der Waals surface area contributed by atoms with Crippen molar-refractivity contribution in [1.29, 1.82) is 0 Å². The predicted octanol–water partition coefficient (Wildman–Crippen LogP) is 4.36. The van der Waals surface area contributed by atoms with E-state index in [-0.39, 0.29) is 12.0 Å². The molecule has 1 fully saturated rings. The predicted molar refractivity (Wildman–Crippen MR) is 121 cm³/mol. The van der Waals surface area contributed by atoms with Crippen LogP contribution in [-0.2, 0) is 0 Å². The van der Waals surface area contributed by atoms with Crippen LogP contribution in [0, 0.1) is 6.92 Å². The first kappa shape index (κ1) is 20.5. The van der Waals surface area contributed by atoms with E-state index in [1.54, 1.807) is 18.4 Å². The minimum atomic E-state index is 0.0626. The minimum Gasteiger partial charge on any atom is -0.494 e. The molecule has 1 amide bonds. The fourth-order valence-electron chi connectivity index (χ4n) is 3.63. The third-order valence-electron chi connectivity index (χ3n) is 5.22. The fraction of sp³-hybridized carbons (Fsp3) is 0.391. The number of rotatable bonds is 5.